The van der Waals surface area contributed by atoms with Gasteiger partial charge in [0.05, 0.1) is 36.8 Å². The zero-order valence-corrected chi connectivity index (χ0v) is 17.4. The highest BCUT2D eigenvalue weighted by Gasteiger charge is 2.49. The Bertz CT molecular complexity index is 1180. The summed E-state index contributed by atoms with van der Waals surface area (Å²) >= 11 is 6.28. The third-order valence-electron chi connectivity index (χ3n) is 5.03. The summed E-state index contributed by atoms with van der Waals surface area (Å²) in [4.78, 5) is 27.5. The molecule has 3 aromatic rings. The molecule has 1 aromatic heterocycles. The number of ketones is 1. The van der Waals surface area contributed by atoms with E-state index in [2.05, 4.69) is 0 Å². The first kappa shape index (κ1) is 20.6. The molecule has 1 amide bonds. The zero-order valence-electron chi connectivity index (χ0n) is 16.7. The minimum absolute atomic E-state index is 0.152. The number of carbonyl (C=O) groups is 2. The Kier molecular flexibility index (Phi) is 5.44. The predicted octanol–water partition coefficient (Wildman–Crippen LogP) is 4.58. The highest BCUT2D eigenvalue weighted by Crippen LogP contribution is 2.45. The molecule has 1 atom stereocenters. The fourth-order valence-corrected chi connectivity index (χ4v) is 3.79. The average Bonchev–Trinajstić information content (AvgIpc) is 3.40. The molecule has 31 heavy (non-hydrogen) atoms. The van der Waals surface area contributed by atoms with Crippen molar-refractivity contribution in [3.63, 3.8) is 0 Å². The molecule has 2 heterocycles. The number of para-hydroxylation sites is 2. The maximum atomic E-state index is 13.1. The van der Waals surface area contributed by atoms with Crippen LogP contribution in [0.1, 0.15) is 17.4 Å². The first-order valence-electron chi connectivity index (χ1n) is 9.29. The highest BCUT2D eigenvalue weighted by molar-refractivity contribution is 6.52. The van der Waals surface area contributed by atoms with E-state index in [9.17, 15) is 14.7 Å². The number of amides is 1. The van der Waals surface area contributed by atoms with Crippen LogP contribution < -0.4 is 14.4 Å². The van der Waals surface area contributed by atoms with Crippen molar-refractivity contribution < 1.29 is 28.6 Å². The molecule has 1 fully saturated rings. The van der Waals surface area contributed by atoms with E-state index in [0.717, 1.165) is 0 Å². The molecule has 158 valence electrons. The second-order valence-electron chi connectivity index (χ2n) is 6.70. The van der Waals surface area contributed by atoms with Gasteiger partial charge in [0.15, 0.2) is 0 Å². The van der Waals surface area contributed by atoms with E-state index in [4.69, 9.17) is 25.5 Å². The summed E-state index contributed by atoms with van der Waals surface area (Å²) < 4.78 is 16.1. The summed E-state index contributed by atoms with van der Waals surface area (Å²) in [5.41, 5.74) is 0.376. The van der Waals surface area contributed by atoms with Crippen molar-refractivity contribution in [2.24, 2.45) is 0 Å². The largest absolute Gasteiger partial charge is 0.507 e. The number of aliphatic hydroxyl groups is 1. The number of Topliss-reactive ketones (excluding diaryl/α,β-unsaturated/α-hetero) is 1. The van der Waals surface area contributed by atoms with Crippen LogP contribution in [0.15, 0.2) is 70.9 Å². The molecule has 1 aliphatic rings. The molecule has 7 nitrogen and oxygen atoms in total. The summed E-state index contributed by atoms with van der Waals surface area (Å²) in [7, 11) is 2.93. The third kappa shape index (κ3) is 3.43. The van der Waals surface area contributed by atoms with E-state index in [0.29, 0.717) is 22.9 Å². The van der Waals surface area contributed by atoms with Gasteiger partial charge in [-0.1, -0.05) is 23.7 Å². The van der Waals surface area contributed by atoms with E-state index in [1.807, 2.05) is 0 Å². The lowest BCUT2D eigenvalue weighted by atomic mass is 9.99. The van der Waals surface area contributed by atoms with E-state index in [-0.39, 0.29) is 16.2 Å². The second kappa shape index (κ2) is 8.20. The van der Waals surface area contributed by atoms with E-state index in [1.54, 1.807) is 42.5 Å². The SMILES string of the molecule is COc1ccc(Cl)c(/C(O)=C2/C(=O)C(=O)N(c3ccccc3OC)C2c2ccco2)c1. The fourth-order valence-electron chi connectivity index (χ4n) is 3.58. The summed E-state index contributed by atoms with van der Waals surface area (Å²) in [5.74, 6) is -1.01. The van der Waals surface area contributed by atoms with Crippen LogP contribution in [0.25, 0.3) is 5.76 Å². The van der Waals surface area contributed by atoms with E-state index in [1.165, 1.54) is 37.5 Å². The Morgan fingerprint density at radius 3 is 2.52 bits per heavy atom. The summed E-state index contributed by atoms with van der Waals surface area (Å²) in [6.45, 7) is 0. The minimum Gasteiger partial charge on any atom is -0.507 e. The Hall–Kier alpha value is -3.71. The lowest BCUT2D eigenvalue weighted by Crippen LogP contribution is -2.29. The lowest BCUT2D eigenvalue weighted by molar-refractivity contribution is -0.132. The number of rotatable bonds is 5. The van der Waals surface area contributed by atoms with Gasteiger partial charge >= 0.3 is 0 Å². The molecule has 0 saturated carbocycles. The third-order valence-corrected chi connectivity index (χ3v) is 5.36. The summed E-state index contributed by atoms with van der Waals surface area (Å²) in [6, 6.07) is 13.7. The molecule has 0 spiro atoms. The number of furan rings is 1. The van der Waals surface area contributed by atoms with Crippen molar-refractivity contribution in [2.75, 3.05) is 19.1 Å². The smallest absolute Gasteiger partial charge is 0.300 e. The molecule has 4 rings (SSSR count). The molecular weight excluding hydrogens is 422 g/mol. The van der Waals surface area contributed by atoms with Crippen molar-refractivity contribution in [3.8, 4) is 11.5 Å². The van der Waals surface area contributed by atoms with Crippen LogP contribution in [-0.2, 0) is 9.59 Å². The normalized spacial score (nSPS) is 17.8. The number of nitrogens with zero attached hydrogens (tertiary/aromatic N) is 1. The molecule has 0 bridgehead atoms. The maximum absolute atomic E-state index is 13.1. The standard InChI is InChI=1S/C23H18ClNO6/c1-29-13-9-10-15(24)14(12-13)21(26)19-20(18-8-5-11-31-18)25(23(28)22(19)27)16-6-3-4-7-17(16)30-2/h3-12,20,26H,1-2H3/b21-19-. The lowest BCUT2D eigenvalue weighted by Gasteiger charge is -2.25. The Morgan fingerprint density at radius 2 is 1.84 bits per heavy atom. The molecule has 0 radical (unpaired) electrons. The van der Waals surface area contributed by atoms with Gasteiger partial charge in [0, 0.05) is 5.56 Å². The monoisotopic (exact) mass is 439 g/mol. The maximum Gasteiger partial charge on any atom is 0.300 e. The first-order chi connectivity index (χ1) is 15.0. The number of hydrogen-bond donors (Lipinski definition) is 1. The minimum atomic E-state index is -1.02. The molecule has 1 saturated heterocycles. The van der Waals surface area contributed by atoms with Gasteiger partial charge in [-0.2, -0.15) is 0 Å². The zero-order chi connectivity index (χ0) is 22.1. The van der Waals surface area contributed by atoms with Crippen molar-refractivity contribution in [2.45, 2.75) is 6.04 Å². The molecular formula is C23H18ClNO6. The number of ether oxygens (including phenoxy) is 2. The van der Waals surface area contributed by atoms with E-state index >= 15 is 0 Å². The van der Waals surface area contributed by atoms with Gasteiger partial charge in [0.25, 0.3) is 11.7 Å². The number of aliphatic hydroxyl groups excluding tert-OH is 1. The van der Waals surface area contributed by atoms with Gasteiger partial charge in [-0.05, 0) is 42.5 Å². The van der Waals surface area contributed by atoms with Crippen molar-refractivity contribution in [3.05, 3.63) is 82.8 Å². The van der Waals surface area contributed by atoms with Crippen LogP contribution in [0.4, 0.5) is 5.69 Å². The second-order valence-corrected chi connectivity index (χ2v) is 7.11. The van der Waals surface area contributed by atoms with Crippen LogP contribution >= 0.6 is 11.6 Å². The van der Waals surface area contributed by atoms with Crippen LogP contribution in [0.5, 0.6) is 11.5 Å². The Morgan fingerprint density at radius 1 is 1.06 bits per heavy atom. The summed E-state index contributed by atoms with van der Waals surface area (Å²) in [5, 5.41) is 11.3. The molecule has 1 unspecified atom stereocenters. The predicted molar refractivity (Wildman–Crippen MR) is 114 cm³/mol. The molecule has 1 aliphatic heterocycles. The molecule has 1 N–H and O–H groups in total. The molecule has 2 aromatic carbocycles. The fraction of sp³-hybridized carbons (Fsp3) is 0.130. The van der Waals surface area contributed by atoms with Crippen molar-refractivity contribution >= 4 is 34.7 Å². The number of anilines is 1. The number of hydrogen-bond acceptors (Lipinski definition) is 6. The Balaban J connectivity index is 1.97. The van der Waals surface area contributed by atoms with Crippen LogP contribution in [-0.4, -0.2) is 31.0 Å². The summed E-state index contributed by atoms with van der Waals surface area (Å²) in [6.07, 6.45) is 1.43. The van der Waals surface area contributed by atoms with Gasteiger partial charge in [-0.3, -0.25) is 14.5 Å². The van der Waals surface area contributed by atoms with Gasteiger partial charge in [-0.25, -0.2) is 0 Å². The topological polar surface area (TPSA) is 89.2 Å². The molecule has 8 heteroatoms. The van der Waals surface area contributed by atoms with Gasteiger partial charge in [-0.15, -0.1) is 0 Å². The number of benzene rings is 2. The quantitative estimate of drug-likeness (QED) is 0.355. The van der Waals surface area contributed by atoms with Crippen LogP contribution in [0, 0.1) is 0 Å². The van der Waals surface area contributed by atoms with Crippen LogP contribution in [0.3, 0.4) is 0 Å². The number of carbonyl (C=O) groups excluding carboxylic acids is 2. The highest BCUT2D eigenvalue weighted by atomic mass is 35.5. The van der Waals surface area contributed by atoms with Gasteiger partial charge in [0.1, 0.15) is 29.1 Å². The van der Waals surface area contributed by atoms with Crippen molar-refractivity contribution in [1.29, 1.82) is 0 Å². The van der Waals surface area contributed by atoms with Crippen molar-refractivity contribution in [1.82, 2.24) is 0 Å². The Labute approximate surface area is 183 Å². The number of halogens is 1. The van der Waals surface area contributed by atoms with E-state index < -0.39 is 23.5 Å². The van der Waals surface area contributed by atoms with Crippen LogP contribution in [0.2, 0.25) is 5.02 Å². The van der Waals surface area contributed by atoms with Gasteiger partial charge in [0.2, 0.25) is 0 Å². The average molecular weight is 440 g/mol. The molecule has 0 aliphatic carbocycles. The number of methoxy groups -OCH3 is 2. The first-order valence-corrected chi connectivity index (χ1v) is 9.67. The van der Waals surface area contributed by atoms with Gasteiger partial charge < -0.3 is 19.0 Å².